The van der Waals surface area contributed by atoms with Crippen LogP contribution in [0.25, 0.3) is 0 Å². The average molecular weight is 507 g/mol. The molecular weight excluding hydrogens is 494 g/mol. The number of amides is 1. The van der Waals surface area contributed by atoms with E-state index in [9.17, 15) is 62.3 Å². The van der Waals surface area contributed by atoms with Gasteiger partial charge in [-0.1, -0.05) is 6.92 Å². The molecular formula is C17H13F12NO3. The molecule has 1 rings (SSSR count). The average Bonchev–Trinajstić information content (AvgIpc) is 2.71. The second kappa shape index (κ2) is 9.29. The second-order valence-corrected chi connectivity index (χ2v) is 6.39. The number of hydrogen-bond acceptors (Lipinski definition) is 3. The maximum absolute atomic E-state index is 13.8. The third-order valence-electron chi connectivity index (χ3n) is 3.98. The van der Waals surface area contributed by atoms with Crippen LogP contribution in [0, 0.1) is 0 Å². The Morgan fingerprint density at radius 3 is 1.76 bits per heavy atom. The lowest BCUT2D eigenvalue weighted by molar-refractivity contribution is -0.406. The molecule has 16 heteroatoms. The van der Waals surface area contributed by atoms with Crippen LogP contribution in [0.15, 0.2) is 24.3 Å². The van der Waals surface area contributed by atoms with Gasteiger partial charge in [0.05, 0.1) is 12.2 Å². The van der Waals surface area contributed by atoms with Gasteiger partial charge in [-0.3, -0.25) is 4.79 Å². The van der Waals surface area contributed by atoms with Gasteiger partial charge in [0.15, 0.2) is 0 Å². The van der Waals surface area contributed by atoms with Crippen molar-refractivity contribution in [3.63, 3.8) is 0 Å². The quantitative estimate of drug-likeness (QED) is 0.330. The van der Waals surface area contributed by atoms with Crippen LogP contribution in [0.3, 0.4) is 0 Å². The van der Waals surface area contributed by atoms with Gasteiger partial charge in [-0.2, -0.15) is 43.9 Å². The molecule has 0 aliphatic carbocycles. The molecule has 0 saturated carbocycles. The third kappa shape index (κ3) is 4.83. The number of ether oxygens (including phenoxy) is 1. The zero-order valence-electron chi connectivity index (χ0n) is 16.1. The molecule has 0 saturated heterocycles. The maximum atomic E-state index is 13.8. The van der Waals surface area contributed by atoms with Gasteiger partial charge in [0.2, 0.25) is 0 Å². The normalized spacial score (nSPS) is 13.8. The van der Waals surface area contributed by atoms with Crippen molar-refractivity contribution in [2.45, 2.75) is 49.4 Å². The summed E-state index contributed by atoms with van der Waals surface area (Å²) >= 11 is 0. The van der Waals surface area contributed by atoms with Crippen molar-refractivity contribution in [2.75, 3.05) is 11.9 Å². The molecule has 0 aliphatic rings. The molecule has 0 fully saturated rings. The van der Waals surface area contributed by atoms with Crippen molar-refractivity contribution >= 4 is 17.6 Å². The van der Waals surface area contributed by atoms with Gasteiger partial charge < -0.3 is 10.1 Å². The van der Waals surface area contributed by atoms with Gasteiger partial charge in [-0.25, -0.2) is 13.6 Å². The van der Waals surface area contributed by atoms with Gasteiger partial charge in [-0.05, 0) is 30.7 Å². The van der Waals surface area contributed by atoms with E-state index in [4.69, 9.17) is 4.74 Å². The molecule has 1 aromatic carbocycles. The minimum Gasteiger partial charge on any atom is -0.462 e. The van der Waals surface area contributed by atoms with Crippen LogP contribution >= 0.6 is 0 Å². The molecule has 4 nitrogen and oxygen atoms in total. The van der Waals surface area contributed by atoms with Crippen LogP contribution in [-0.4, -0.2) is 54.5 Å². The van der Waals surface area contributed by atoms with Gasteiger partial charge in [-0.15, -0.1) is 0 Å². The van der Waals surface area contributed by atoms with Gasteiger partial charge in [0, 0.05) is 5.69 Å². The minimum absolute atomic E-state index is 0.0118. The molecule has 188 valence electrons. The predicted molar refractivity (Wildman–Crippen MR) is 86.4 cm³/mol. The van der Waals surface area contributed by atoms with E-state index in [0.29, 0.717) is 18.6 Å². The third-order valence-corrected chi connectivity index (χ3v) is 3.98. The number of halogens is 12. The highest BCUT2D eigenvalue weighted by atomic mass is 19.4. The predicted octanol–water partition coefficient (Wildman–Crippen LogP) is 5.63. The summed E-state index contributed by atoms with van der Waals surface area (Å²) in [5.41, 5.74) is -1.06. The summed E-state index contributed by atoms with van der Waals surface area (Å²) in [7, 11) is 0. The molecule has 0 aliphatic heterocycles. The van der Waals surface area contributed by atoms with E-state index in [-0.39, 0.29) is 12.2 Å². The van der Waals surface area contributed by atoms with Gasteiger partial charge >= 0.3 is 47.9 Å². The number of carbonyl (C=O) groups excluding carboxylic acids is 2. The number of hydrogen-bond donors (Lipinski definition) is 1. The molecule has 33 heavy (non-hydrogen) atoms. The Hall–Kier alpha value is -2.68. The molecule has 0 unspecified atom stereocenters. The smallest absolute Gasteiger partial charge is 0.393 e. The first kappa shape index (κ1) is 28.4. The Morgan fingerprint density at radius 1 is 0.848 bits per heavy atom. The van der Waals surface area contributed by atoms with Crippen molar-refractivity contribution in [1.82, 2.24) is 0 Å². The molecule has 0 aromatic heterocycles. The van der Waals surface area contributed by atoms with Crippen LogP contribution in [0.2, 0.25) is 0 Å². The van der Waals surface area contributed by atoms with Crippen molar-refractivity contribution in [3.8, 4) is 0 Å². The summed E-state index contributed by atoms with van der Waals surface area (Å²) in [6.45, 7) is 1.64. The molecule has 0 radical (unpaired) electrons. The number of esters is 1. The molecule has 1 N–H and O–H groups in total. The number of rotatable bonds is 10. The van der Waals surface area contributed by atoms with E-state index in [1.807, 2.05) is 0 Å². The van der Waals surface area contributed by atoms with Crippen molar-refractivity contribution in [2.24, 2.45) is 0 Å². The largest absolute Gasteiger partial charge is 0.462 e. The van der Waals surface area contributed by atoms with Crippen molar-refractivity contribution in [1.29, 1.82) is 0 Å². The maximum Gasteiger partial charge on any atom is 0.393 e. The fourth-order valence-electron chi connectivity index (χ4n) is 2.06. The summed E-state index contributed by atoms with van der Waals surface area (Å²) in [5.74, 6) is -41.3. The highest BCUT2D eigenvalue weighted by Gasteiger charge is 2.89. The molecule has 1 aromatic rings. The van der Waals surface area contributed by atoms with Crippen LogP contribution in [0.5, 0.6) is 0 Å². The minimum atomic E-state index is -7.81. The zero-order valence-corrected chi connectivity index (χ0v) is 16.1. The lowest BCUT2D eigenvalue weighted by Crippen LogP contribution is -2.70. The summed E-state index contributed by atoms with van der Waals surface area (Å²) in [6, 6.07) is 2.89. The highest BCUT2D eigenvalue weighted by molar-refractivity contribution is 5.97. The van der Waals surface area contributed by atoms with Crippen LogP contribution in [0.4, 0.5) is 58.4 Å². The van der Waals surface area contributed by atoms with E-state index in [1.54, 1.807) is 6.92 Å². The Balaban J connectivity index is 3.19. The molecule has 1 amide bonds. The number of carbonyl (C=O) groups is 2. The van der Waals surface area contributed by atoms with Crippen molar-refractivity contribution in [3.05, 3.63) is 29.8 Å². The van der Waals surface area contributed by atoms with Crippen LogP contribution in [-0.2, 0) is 9.53 Å². The molecule has 0 bridgehead atoms. The monoisotopic (exact) mass is 507 g/mol. The summed E-state index contributed by atoms with van der Waals surface area (Å²) < 4.78 is 162. The van der Waals surface area contributed by atoms with Crippen LogP contribution in [0.1, 0.15) is 23.7 Å². The first-order valence-electron chi connectivity index (χ1n) is 8.54. The van der Waals surface area contributed by atoms with Crippen molar-refractivity contribution < 1.29 is 67.0 Å². The summed E-state index contributed by atoms with van der Waals surface area (Å²) in [4.78, 5) is 23.0. The number of benzene rings is 1. The molecule has 0 heterocycles. The Morgan fingerprint density at radius 2 is 1.33 bits per heavy atom. The highest BCUT2D eigenvalue weighted by Crippen LogP contribution is 2.58. The summed E-state index contributed by atoms with van der Waals surface area (Å²) in [6.07, 6.45) is -5.21. The topological polar surface area (TPSA) is 55.4 Å². The summed E-state index contributed by atoms with van der Waals surface area (Å²) in [5, 5.41) is 0.948. The van der Waals surface area contributed by atoms with E-state index >= 15 is 0 Å². The van der Waals surface area contributed by atoms with Gasteiger partial charge in [0.1, 0.15) is 0 Å². The fourth-order valence-corrected chi connectivity index (χ4v) is 2.06. The van der Waals surface area contributed by atoms with E-state index < -0.39 is 53.6 Å². The number of alkyl halides is 12. The Kier molecular flexibility index (Phi) is 7.98. The fraction of sp³-hybridized carbons (Fsp3) is 0.529. The first-order valence-corrected chi connectivity index (χ1v) is 8.54. The number of nitrogens with one attached hydrogen (secondary N) is 1. The zero-order chi connectivity index (χ0) is 26.0. The van der Waals surface area contributed by atoms with E-state index in [1.165, 1.54) is 0 Å². The molecule has 0 spiro atoms. The Bertz CT molecular complexity index is 855. The Labute approximate surface area is 176 Å². The SMILES string of the molecule is CCCOC(=O)c1ccc(NC(=O)C(F)(F)C(F)(F)C(F)(F)C(F)(F)C(F)(F)C(F)F)cc1. The van der Waals surface area contributed by atoms with E-state index in [0.717, 1.165) is 17.4 Å². The van der Waals surface area contributed by atoms with E-state index in [2.05, 4.69) is 0 Å². The second-order valence-electron chi connectivity index (χ2n) is 6.39. The molecule has 0 atom stereocenters. The lowest BCUT2D eigenvalue weighted by Gasteiger charge is -2.38. The standard InChI is InChI=1S/C17H13F12NO3/c1-2-7-33-10(31)8-3-5-9(6-4-8)30-12(32)14(22,23)16(26,27)17(28,29)15(24,25)13(20,21)11(18)19/h3-6,11H,2,7H2,1H3,(H,30,32). The van der Waals surface area contributed by atoms with Gasteiger partial charge in [0.25, 0.3) is 0 Å². The first-order chi connectivity index (χ1) is 14.8. The number of anilines is 1. The van der Waals surface area contributed by atoms with Crippen LogP contribution < -0.4 is 5.32 Å². The lowest BCUT2D eigenvalue weighted by atomic mass is 9.94.